The maximum atomic E-state index is 12.1. The second-order valence-electron chi connectivity index (χ2n) is 4.18. The van der Waals surface area contributed by atoms with Gasteiger partial charge in [0.05, 0.1) is 17.4 Å². The van der Waals surface area contributed by atoms with E-state index in [1.165, 1.54) is 7.11 Å². The maximum absolute atomic E-state index is 12.1. The Morgan fingerprint density at radius 3 is 2.81 bits per heavy atom. The van der Waals surface area contributed by atoms with Gasteiger partial charge in [0.2, 0.25) is 0 Å². The average Bonchev–Trinajstić information content (AvgIpc) is 2.86. The van der Waals surface area contributed by atoms with Gasteiger partial charge in [-0.05, 0) is 30.3 Å². The first-order valence-electron chi connectivity index (χ1n) is 6.05. The SMILES string of the molecule is COc1cccc(C(=O)Oc2ccc3oc(=O)sc3c2)c1. The standard InChI is InChI=1S/C15H10O5S/c1-18-10-4-2-3-9(7-10)14(16)19-11-5-6-12-13(8-11)21-15(17)20-12/h2-8H,1H3. The third-order valence-corrected chi connectivity index (χ3v) is 3.61. The average molecular weight is 302 g/mol. The van der Waals surface area contributed by atoms with Crippen LogP contribution in [-0.4, -0.2) is 13.1 Å². The van der Waals surface area contributed by atoms with Gasteiger partial charge in [0.1, 0.15) is 17.1 Å². The smallest absolute Gasteiger partial charge is 0.396 e. The second kappa shape index (κ2) is 5.41. The third kappa shape index (κ3) is 2.80. The van der Waals surface area contributed by atoms with Crippen LogP contribution in [0.3, 0.4) is 0 Å². The van der Waals surface area contributed by atoms with Gasteiger partial charge in [0, 0.05) is 6.07 Å². The van der Waals surface area contributed by atoms with Crippen LogP contribution in [-0.2, 0) is 0 Å². The zero-order valence-corrected chi connectivity index (χ0v) is 11.8. The fourth-order valence-electron chi connectivity index (χ4n) is 1.83. The van der Waals surface area contributed by atoms with Crippen molar-refractivity contribution in [3.05, 3.63) is 57.8 Å². The van der Waals surface area contributed by atoms with Crippen LogP contribution >= 0.6 is 11.3 Å². The highest BCUT2D eigenvalue weighted by atomic mass is 32.1. The Kier molecular flexibility index (Phi) is 3.45. The van der Waals surface area contributed by atoms with Crippen molar-refractivity contribution < 1.29 is 18.7 Å². The van der Waals surface area contributed by atoms with E-state index in [1.807, 2.05) is 0 Å². The number of benzene rings is 2. The largest absolute Gasteiger partial charge is 0.497 e. The zero-order chi connectivity index (χ0) is 14.8. The Hall–Kier alpha value is -2.60. The van der Waals surface area contributed by atoms with Crippen LogP contribution in [0.1, 0.15) is 10.4 Å². The van der Waals surface area contributed by atoms with Gasteiger partial charge in [0.25, 0.3) is 0 Å². The summed E-state index contributed by atoms with van der Waals surface area (Å²) in [5, 5.41) is 0. The summed E-state index contributed by atoms with van der Waals surface area (Å²) in [6.07, 6.45) is 0. The summed E-state index contributed by atoms with van der Waals surface area (Å²) in [4.78, 5) is 22.8. The molecule has 0 unspecified atom stereocenters. The number of hydrogen-bond donors (Lipinski definition) is 0. The van der Waals surface area contributed by atoms with Crippen LogP contribution in [0.15, 0.2) is 51.7 Å². The van der Waals surface area contributed by atoms with Gasteiger partial charge in [0.15, 0.2) is 0 Å². The number of rotatable bonds is 3. The number of hydrogen-bond acceptors (Lipinski definition) is 6. The van der Waals surface area contributed by atoms with Crippen molar-refractivity contribution in [2.24, 2.45) is 0 Å². The molecule has 0 radical (unpaired) electrons. The predicted molar refractivity (Wildman–Crippen MR) is 78.3 cm³/mol. The lowest BCUT2D eigenvalue weighted by atomic mass is 10.2. The van der Waals surface area contributed by atoms with Crippen LogP contribution in [0.4, 0.5) is 0 Å². The quantitative estimate of drug-likeness (QED) is 0.549. The van der Waals surface area contributed by atoms with Gasteiger partial charge >= 0.3 is 10.9 Å². The maximum Gasteiger partial charge on any atom is 0.396 e. The van der Waals surface area contributed by atoms with Crippen LogP contribution in [0, 0.1) is 0 Å². The predicted octanol–water partition coefficient (Wildman–Crippen LogP) is 3.08. The molecule has 0 spiro atoms. The highest BCUT2D eigenvalue weighted by Gasteiger charge is 2.11. The molecule has 1 aromatic heterocycles. The van der Waals surface area contributed by atoms with E-state index in [9.17, 15) is 9.59 Å². The van der Waals surface area contributed by atoms with Crippen molar-refractivity contribution in [2.75, 3.05) is 7.11 Å². The lowest BCUT2D eigenvalue weighted by Crippen LogP contribution is -2.08. The molecule has 106 valence electrons. The fourth-order valence-corrected chi connectivity index (χ4v) is 2.53. The lowest BCUT2D eigenvalue weighted by Gasteiger charge is -2.05. The van der Waals surface area contributed by atoms with Gasteiger partial charge in [-0.25, -0.2) is 9.59 Å². The number of carbonyl (C=O) groups is 1. The monoisotopic (exact) mass is 302 g/mol. The van der Waals surface area contributed by atoms with E-state index in [0.29, 0.717) is 27.3 Å². The van der Waals surface area contributed by atoms with Gasteiger partial charge in [-0.3, -0.25) is 0 Å². The lowest BCUT2D eigenvalue weighted by molar-refractivity contribution is 0.0734. The molecule has 0 saturated carbocycles. The number of carbonyl (C=O) groups excluding carboxylic acids is 1. The minimum atomic E-state index is -0.496. The van der Waals surface area contributed by atoms with E-state index in [4.69, 9.17) is 13.9 Å². The number of methoxy groups -OCH3 is 1. The second-order valence-corrected chi connectivity index (χ2v) is 5.16. The first kappa shape index (κ1) is 13.4. The molecule has 0 aliphatic heterocycles. The Labute approximate surface area is 123 Å². The number of ether oxygens (including phenoxy) is 2. The molecule has 0 N–H and O–H groups in total. The fraction of sp³-hybridized carbons (Fsp3) is 0.0667. The number of esters is 1. The molecule has 0 amide bonds. The van der Waals surface area contributed by atoms with Crippen molar-refractivity contribution >= 4 is 27.6 Å². The highest BCUT2D eigenvalue weighted by molar-refractivity contribution is 7.16. The minimum Gasteiger partial charge on any atom is -0.497 e. The third-order valence-electron chi connectivity index (χ3n) is 2.82. The summed E-state index contributed by atoms with van der Waals surface area (Å²) in [5.74, 6) is 0.435. The molecule has 0 aliphatic rings. The summed E-state index contributed by atoms with van der Waals surface area (Å²) < 4.78 is 15.9. The van der Waals surface area contributed by atoms with E-state index in [0.717, 1.165) is 11.3 Å². The van der Waals surface area contributed by atoms with Gasteiger partial charge in [-0.2, -0.15) is 0 Å². The van der Waals surface area contributed by atoms with E-state index in [1.54, 1.807) is 42.5 Å². The van der Waals surface area contributed by atoms with E-state index in [-0.39, 0.29) is 4.94 Å². The molecule has 0 fully saturated rings. The number of fused-ring (bicyclic) bond motifs is 1. The summed E-state index contributed by atoms with van der Waals surface area (Å²) >= 11 is 0.962. The topological polar surface area (TPSA) is 65.7 Å². The molecule has 1 heterocycles. The molecule has 0 atom stereocenters. The molecular weight excluding hydrogens is 292 g/mol. The molecule has 0 aliphatic carbocycles. The first-order valence-corrected chi connectivity index (χ1v) is 6.87. The zero-order valence-electron chi connectivity index (χ0n) is 11.0. The Morgan fingerprint density at radius 2 is 2.00 bits per heavy atom. The molecule has 2 aromatic carbocycles. The molecule has 21 heavy (non-hydrogen) atoms. The first-order chi connectivity index (χ1) is 10.2. The van der Waals surface area contributed by atoms with E-state index in [2.05, 4.69) is 0 Å². The van der Waals surface area contributed by atoms with Crippen molar-refractivity contribution in [2.45, 2.75) is 0 Å². The van der Waals surface area contributed by atoms with Gasteiger partial charge < -0.3 is 13.9 Å². The van der Waals surface area contributed by atoms with E-state index >= 15 is 0 Å². The van der Waals surface area contributed by atoms with Gasteiger partial charge in [-0.15, -0.1) is 0 Å². The molecule has 3 aromatic rings. The molecule has 0 bridgehead atoms. The van der Waals surface area contributed by atoms with Crippen LogP contribution in [0.5, 0.6) is 11.5 Å². The summed E-state index contributed by atoms with van der Waals surface area (Å²) in [6.45, 7) is 0. The van der Waals surface area contributed by atoms with Crippen molar-refractivity contribution in [1.29, 1.82) is 0 Å². The van der Waals surface area contributed by atoms with Crippen LogP contribution in [0.2, 0.25) is 0 Å². The summed E-state index contributed by atoms with van der Waals surface area (Å²) in [6, 6.07) is 11.5. The molecule has 5 nitrogen and oxygen atoms in total. The van der Waals surface area contributed by atoms with Gasteiger partial charge in [-0.1, -0.05) is 17.4 Å². The van der Waals surface area contributed by atoms with E-state index < -0.39 is 5.97 Å². The minimum absolute atomic E-state index is 0.354. The molecule has 3 rings (SSSR count). The van der Waals surface area contributed by atoms with Crippen LogP contribution in [0.25, 0.3) is 10.3 Å². The Morgan fingerprint density at radius 1 is 1.14 bits per heavy atom. The summed E-state index contributed by atoms with van der Waals surface area (Å²) in [5.41, 5.74) is 0.862. The summed E-state index contributed by atoms with van der Waals surface area (Å²) in [7, 11) is 1.53. The normalized spacial score (nSPS) is 10.5. The van der Waals surface area contributed by atoms with Crippen molar-refractivity contribution in [1.82, 2.24) is 0 Å². The molecule has 6 heteroatoms. The van der Waals surface area contributed by atoms with Crippen molar-refractivity contribution in [3.63, 3.8) is 0 Å². The Balaban J connectivity index is 1.86. The van der Waals surface area contributed by atoms with Crippen LogP contribution < -0.4 is 14.4 Å². The highest BCUT2D eigenvalue weighted by Crippen LogP contribution is 2.24. The van der Waals surface area contributed by atoms with Crippen molar-refractivity contribution in [3.8, 4) is 11.5 Å². The molecule has 0 saturated heterocycles. The molecular formula is C15H10O5S. The Bertz CT molecular complexity index is 862.